The van der Waals surface area contributed by atoms with Gasteiger partial charge in [0, 0.05) is 23.9 Å². The van der Waals surface area contributed by atoms with Crippen molar-refractivity contribution in [3.63, 3.8) is 0 Å². The van der Waals surface area contributed by atoms with Crippen LogP contribution in [-0.4, -0.2) is 42.3 Å². The van der Waals surface area contributed by atoms with E-state index in [0.29, 0.717) is 11.8 Å². The molecular formula is C16H26IN3O2S. The van der Waals surface area contributed by atoms with Gasteiger partial charge in [0.15, 0.2) is 5.96 Å². The monoisotopic (exact) mass is 451 g/mol. The molecule has 0 radical (unpaired) electrons. The Morgan fingerprint density at radius 1 is 1.43 bits per heavy atom. The first-order chi connectivity index (χ1) is 10.7. The van der Waals surface area contributed by atoms with Crippen LogP contribution in [0.25, 0.3) is 0 Å². The summed E-state index contributed by atoms with van der Waals surface area (Å²) in [5, 5.41) is 17.2. The molecule has 3 N–H and O–H groups in total. The lowest BCUT2D eigenvalue weighted by atomic mass is 10.2. The summed E-state index contributed by atoms with van der Waals surface area (Å²) in [7, 11) is 1.62. The SMILES string of the molecule is CCNC(=NCc1cc(OC)ccc1O)NCC1CCCS1.I. The summed E-state index contributed by atoms with van der Waals surface area (Å²) in [6.07, 6.45) is 2.58. The van der Waals surface area contributed by atoms with E-state index in [1.54, 1.807) is 19.2 Å². The fraction of sp³-hybridized carbons (Fsp3) is 0.562. The molecule has 0 aliphatic carbocycles. The van der Waals surface area contributed by atoms with Gasteiger partial charge < -0.3 is 20.5 Å². The normalized spacial score (nSPS) is 17.5. The third-order valence-electron chi connectivity index (χ3n) is 3.56. The molecule has 1 atom stereocenters. The maximum absolute atomic E-state index is 9.91. The summed E-state index contributed by atoms with van der Waals surface area (Å²) in [5.74, 6) is 3.02. The van der Waals surface area contributed by atoms with Gasteiger partial charge in [0.2, 0.25) is 0 Å². The summed E-state index contributed by atoms with van der Waals surface area (Å²) in [6.45, 7) is 4.20. The highest BCUT2D eigenvalue weighted by atomic mass is 127. The molecule has 1 heterocycles. The molecule has 130 valence electrons. The largest absolute Gasteiger partial charge is 0.508 e. The van der Waals surface area contributed by atoms with Crippen LogP contribution in [0.2, 0.25) is 0 Å². The number of rotatable bonds is 6. The van der Waals surface area contributed by atoms with Crippen LogP contribution < -0.4 is 15.4 Å². The number of phenols is 1. The number of thioether (sulfide) groups is 1. The van der Waals surface area contributed by atoms with Gasteiger partial charge in [0.25, 0.3) is 0 Å². The lowest BCUT2D eigenvalue weighted by Gasteiger charge is -2.14. The molecule has 7 heteroatoms. The molecule has 0 bridgehead atoms. The molecule has 0 spiro atoms. The predicted octanol–water partition coefficient (Wildman–Crippen LogP) is 2.97. The molecule has 2 rings (SSSR count). The number of hydrogen-bond acceptors (Lipinski definition) is 4. The quantitative estimate of drug-likeness (QED) is 0.353. The molecule has 1 aliphatic heterocycles. The number of ether oxygens (including phenoxy) is 1. The summed E-state index contributed by atoms with van der Waals surface area (Å²) < 4.78 is 5.19. The zero-order valence-electron chi connectivity index (χ0n) is 13.7. The lowest BCUT2D eigenvalue weighted by Crippen LogP contribution is -2.40. The zero-order valence-corrected chi connectivity index (χ0v) is 16.8. The zero-order chi connectivity index (χ0) is 15.8. The Labute approximate surface area is 159 Å². The first-order valence-corrected chi connectivity index (χ1v) is 8.77. The topological polar surface area (TPSA) is 65.9 Å². The molecular weight excluding hydrogens is 425 g/mol. The van der Waals surface area contributed by atoms with Gasteiger partial charge in [-0.2, -0.15) is 11.8 Å². The third-order valence-corrected chi connectivity index (χ3v) is 4.96. The Morgan fingerprint density at radius 2 is 2.26 bits per heavy atom. The Balaban J connectivity index is 0.00000264. The van der Waals surface area contributed by atoms with Crippen LogP contribution in [0.15, 0.2) is 23.2 Å². The van der Waals surface area contributed by atoms with E-state index >= 15 is 0 Å². The number of aliphatic imine (C=N–C) groups is 1. The molecule has 1 unspecified atom stereocenters. The minimum atomic E-state index is 0. The highest BCUT2D eigenvalue weighted by Gasteiger charge is 2.15. The molecule has 1 aromatic carbocycles. The van der Waals surface area contributed by atoms with Crippen LogP contribution in [0.3, 0.4) is 0 Å². The molecule has 1 fully saturated rings. The molecule has 23 heavy (non-hydrogen) atoms. The first kappa shape index (κ1) is 20.2. The van der Waals surface area contributed by atoms with Crippen LogP contribution in [0, 0.1) is 0 Å². The van der Waals surface area contributed by atoms with Gasteiger partial charge in [-0.05, 0) is 43.7 Å². The van der Waals surface area contributed by atoms with Crippen molar-refractivity contribution in [3.05, 3.63) is 23.8 Å². The predicted molar refractivity (Wildman–Crippen MR) is 108 cm³/mol. The van der Waals surface area contributed by atoms with Crippen molar-refractivity contribution in [1.82, 2.24) is 10.6 Å². The van der Waals surface area contributed by atoms with Crippen molar-refractivity contribution in [2.75, 3.05) is 26.0 Å². The third kappa shape index (κ3) is 6.66. The van der Waals surface area contributed by atoms with Crippen molar-refractivity contribution < 1.29 is 9.84 Å². The summed E-state index contributed by atoms with van der Waals surface area (Å²) in [4.78, 5) is 4.55. The standard InChI is InChI=1S/C16H25N3O2S.HI/c1-3-17-16(19-11-14-5-4-8-22-14)18-10-12-9-13(21-2)6-7-15(12)20;/h6-7,9,14,20H,3-5,8,10-11H2,1-2H3,(H2,17,18,19);1H. The minimum absolute atomic E-state index is 0. The average Bonchev–Trinajstić information content (AvgIpc) is 3.05. The van der Waals surface area contributed by atoms with E-state index in [4.69, 9.17) is 4.74 Å². The Bertz CT molecular complexity index is 508. The van der Waals surface area contributed by atoms with Crippen molar-refractivity contribution in [2.24, 2.45) is 4.99 Å². The van der Waals surface area contributed by atoms with Gasteiger partial charge in [-0.25, -0.2) is 4.99 Å². The van der Waals surface area contributed by atoms with Gasteiger partial charge in [-0.1, -0.05) is 0 Å². The molecule has 0 saturated carbocycles. The van der Waals surface area contributed by atoms with Gasteiger partial charge >= 0.3 is 0 Å². The molecule has 1 aromatic rings. The van der Waals surface area contributed by atoms with Crippen molar-refractivity contribution in [1.29, 1.82) is 0 Å². The number of hydrogen-bond donors (Lipinski definition) is 3. The summed E-state index contributed by atoms with van der Waals surface area (Å²) in [6, 6.07) is 5.19. The number of aromatic hydroxyl groups is 1. The average molecular weight is 451 g/mol. The van der Waals surface area contributed by atoms with E-state index in [1.165, 1.54) is 18.6 Å². The van der Waals surface area contributed by atoms with E-state index in [9.17, 15) is 5.11 Å². The molecule has 1 aliphatic rings. The molecule has 0 aromatic heterocycles. The van der Waals surface area contributed by atoms with Crippen LogP contribution >= 0.6 is 35.7 Å². The highest BCUT2D eigenvalue weighted by molar-refractivity contribution is 14.0. The Kier molecular flexibility index (Phi) is 9.54. The van der Waals surface area contributed by atoms with Crippen LogP contribution in [0.4, 0.5) is 0 Å². The number of halogens is 1. The van der Waals surface area contributed by atoms with E-state index in [-0.39, 0.29) is 29.7 Å². The summed E-state index contributed by atoms with van der Waals surface area (Å²) in [5.41, 5.74) is 0.756. The van der Waals surface area contributed by atoms with Crippen molar-refractivity contribution in [3.8, 4) is 11.5 Å². The van der Waals surface area contributed by atoms with E-state index in [1.807, 2.05) is 24.8 Å². The minimum Gasteiger partial charge on any atom is -0.508 e. The second-order valence-electron chi connectivity index (χ2n) is 5.21. The van der Waals surface area contributed by atoms with E-state index in [2.05, 4.69) is 15.6 Å². The molecule has 0 amide bonds. The smallest absolute Gasteiger partial charge is 0.191 e. The number of guanidine groups is 1. The van der Waals surface area contributed by atoms with Crippen LogP contribution in [0.1, 0.15) is 25.3 Å². The van der Waals surface area contributed by atoms with Gasteiger partial charge in [-0.3, -0.25) is 0 Å². The molecule has 5 nitrogen and oxygen atoms in total. The second kappa shape index (κ2) is 10.9. The number of phenolic OH excluding ortho intramolecular Hbond substituents is 1. The van der Waals surface area contributed by atoms with Gasteiger partial charge in [0.05, 0.1) is 13.7 Å². The fourth-order valence-corrected chi connectivity index (χ4v) is 3.54. The second-order valence-corrected chi connectivity index (χ2v) is 6.61. The molecule has 1 saturated heterocycles. The number of nitrogens with one attached hydrogen (secondary N) is 2. The number of benzene rings is 1. The number of methoxy groups -OCH3 is 1. The van der Waals surface area contributed by atoms with Crippen molar-refractivity contribution >= 4 is 41.7 Å². The first-order valence-electron chi connectivity index (χ1n) is 7.72. The maximum atomic E-state index is 9.91. The van der Waals surface area contributed by atoms with Crippen LogP contribution in [0.5, 0.6) is 11.5 Å². The summed E-state index contributed by atoms with van der Waals surface area (Å²) >= 11 is 2.02. The van der Waals surface area contributed by atoms with Gasteiger partial charge in [-0.15, -0.1) is 24.0 Å². The maximum Gasteiger partial charge on any atom is 0.191 e. The Hall–Kier alpha value is -0.830. The van der Waals surface area contributed by atoms with Gasteiger partial charge in [0.1, 0.15) is 11.5 Å². The Morgan fingerprint density at radius 3 is 2.91 bits per heavy atom. The lowest BCUT2D eigenvalue weighted by molar-refractivity contribution is 0.411. The fourth-order valence-electron chi connectivity index (χ4n) is 2.34. The number of nitrogens with zero attached hydrogens (tertiary/aromatic N) is 1. The van der Waals surface area contributed by atoms with E-state index < -0.39 is 0 Å². The van der Waals surface area contributed by atoms with E-state index in [0.717, 1.165) is 30.4 Å². The van der Waals surface area contributed by atoms with Crippen LogP contribution in [-0.2, 0) is 6.54 Å². The van der Waals surface area contributed by atoms with Crippen molar-refractivity contribution in [2.45, 2.75) is 31.6 Å². The highest BCUT2D eigenvalue weighted by Crippen LogP contribution is 2.25.